The minimum atomic E-state index is -4.72. The van der Waals surface area contributed by atoms with Crippen LogP contribution in [0.15, 0.2) is 48.5 Å². The molecule has 0 bridgehead atoms. The van der Waals surface area contributed by atoms with Crippen LogP contribution in [0.1, 0.15) is 5.82 Å². The number of amides is 2. The summed E-state index contributed by atoms with van der Waals surface area (Å²) >= 11 is 0. The first kappa shape index (κ1) is 21.2. The summed E-state index contributed by atoms with van der Waals surface area (Å²) in [6, 6.07) is 12.7. The molecule has 0 aliphatic carbocycles. The Kier molecular flexibility index (Phi) is 5.95. The van der Waals surface area contributed by atoms with Crippen LogP contribution in [-0.2, 0) is 22.3 Å². The summed E-state index contributed by atoms with van der Waals surface area (Å²) in [4.78, 5) is 29.4. The van der Waals surface area contributed by atoms with Crippen molar-refractivity contribution in [2.24, 2.45) is 0 Å². The van der Waals surface area contributed by atoms with E-state index in [1.54, 1.807) is 36.4 Å². The van der Waals surface area contributed by atoms with Gasteiger partial charge in [-0.1, -0.05) is 18.2 Å². The van der Waals surface area contributed by atoms with Gasteiger partial charge in [-0.3, -0.25) is 9.59 Å². The molecule has 30 heavy (non-hydrogen) atoms. The number of nitrogens with one attached hydrogen (secondary N) is 1. The summed E-state index contributed by atoms with van der Waals surface area (Å²) in [5.41, 5.74) is 0.795. The molecule has 3 rings (SSSR count). The van der Waals surface area contributed by atoms with Gasteiger partial charge in [0.1, 0.15) is 12.3 Å². The van der Waals surface area contributed by atoms with Crippen molar-refractivity contribution in [3.63, 3.8) is 0 Å². The molecular weight excluding hydrogens is 401 g/mol. The van der Waals surface area contributed by atoms with Crippen molar-refractivity contribution in [1.82, 2.24) is 14.5 Å². The van der Waals surface area contributed by atoms with E-state index in [0.717, 1.165) is 9.47 Å². The average Bonchev–Trinajstić information content (AvgIpc) is 3.07. The first-order chi connectivity index (χ1) is 14.2. The van der Waals surface area contributed by atoms with Crippen LogP contribution in [0.2, 0.25) is 0 Å². The lowest BCUT2D eigenvalue weighted by Gasteiger charge is -2.19. The van der Waals surface area contributed by atoms with Gasteiger partial charge in [0.15, 0.2) is 0 Å². The van der Waals surface area contributed by atoms with E-state index in [0.29, 0.717) is 11.4 Å². The predicted octanol–water partition coefficient (Wildman–Crippen LogP) is 3.16. The Morgan fingerprint density at radius 2 is 1.90 bits per heavy atom. The number of anilines is 1. The Hall–Kier alpha value is -3.56. The van der Waals surface area contributed by atoms with Crippen molar-refractivity contribution in [3.05, 3.63) is 54.4 Å². The van der Waals surface area contributed by atoms with Gasteiger partial charge in [-0.05, 0) is 24.3 Å². The zero-order valence-corrected chi connectivity index (χ0v) is 16.2. The molecule has 0 spiro atoms. The van der Waals surface area contributed by atoms with Gasteiger partial charge in [-0.25, -0.2) is 4.98 Å². The third kappa shape index (κ3) is 4.70. The molecule has 7 nitrogen and oxygen atoms in total. The molecule has 0 radical (unpaired) electrons. The lowest BCUT2D eigenvalue weighted by Crippen LogP contribution is -2.37. The molecule has 3 aromatic rings. The highest BCUT2D eigenvalue weighted by atomic mass is 19.4. The Balaban J connectivity index is 1.72. The van der Waals surface area contributed by atoms with Crippen molar-refractivity contribution < 1.29 is 27.5 Å². The van der Waals surface area contributed by atoms with Crippen LogP contribution in [0.3, 0.4) is 0 Å². The maximum Gasteiger partial charge on any atom is 0.449 e. The van der Waals surface area contributed by atoms with E-state index in [9.17, 15) is 22.8 Å². The second-order valence-electron chi connectivity index (χ2n) is 6.54. The highest BCUT2D eigenvalue weighted by Gasteiger charge is 2.38. The molecule has 2 amide bonds. The summed E-state index contributed by atoms with van der Waals surface area (Å²) in [5, 5.41) is 2.61. The zero-order chi connectivity index (χ0) is 21.9. The van der Waals surface area contributed by atoms with Gasteiger partial charge in [-0.15, -0.1) is 0 Å². The number of benzene rings is 2. The van der Waals surface area contributed by atoms with E-state index in [2.05, 4.69) is 10.3 Å². The zero-order valence-electron chi connectivity index (χ0n) is 16.2. The Morgan fingerprint density at radius 3 is 2.60 bits per heavy atom. The van der Waals surface area contributed by atoms with E-state index in [1.165, 1.54) is 26.3 Å². The molecule has 0 atom stereocenters. The maximum absolute atomic E-state index is 13.4. The van der Waals surface area contributed by atoms with Crippen LogP contribution in [0.4, 0.5) is 18.9 Å². The lowest BCUT2D eigenvalue weighted by molar-refractivity contribution is -0.148. The number of halogens is 3. The normalized spacial score (nSPS) is 11.4. The van der Waals surface area contributed by atoms with Gasteiger partial charge >= 0.3 is 6.18 Å². The van der Waals surface area contributed by atoms with Crippen LogP contribution in [0.5, 0.6) is 5.75 Å². The standard InChI is InChI=1S/C20H19F3N4O3/c1-26(11-17(28)24-13-6-5-7-14(10-13)30-2)18(29)12-27-16-9-4-3-8-15(16)25-19(27)20(21,22)23/h3-10H,11-12H2,1-2H3,(H,24,28). The van der Waals surface area contributed by atoms with Gasteiger partial charge in [0.2, 0.25) is 17.6 Å². The summed E-state index contributed by atoms with van der Waals surface area (Å²) < 4.78 is 46.0. The molecule has 1 heterocycles. The molecule has 0 saturated carbocycles. The number of rotatable bonds is 6. The summed E-state index contributed by atoms with van der Waals surface area (Å²) in [7, 11) is 2.84. The fourth-order valence-corrected chi connectivity index (χ4v) is 2.91. The number of methoxy groups -OCH3 is 1. The van der Waals surface area contributed by atoms with E-state index in [1.807, 2.05) is 0 Å². The molecule has 158 valence electrons. The number of carbonyl (C=O) groups is 2. The van der Waals surface area contributed by atoms with Crippen LogP contribution < -0.4 is 10.1 Å². The number of fused-ring (bicyclic) bond motifs is 1. The first-order valence-electron chi connectivity index (χ1n) is 8.89. The van der Waals surface area contributed by atoms with E-state index in [-0.39, 0.29) is 17.6 Å². The number of aromatic nitrogens is 2. The SMILES string of the molecule is COc1cccc(NC(=O)CN(C)C(=O)Cn2c(C(F)(F)F)nc3ccccc32)c1. The van der Waals surface area contributed by atoms with Gasteiger partial charge in [0, 0.05) is 18.8 Å². The molecule has 0 fully saturated rings. The highest BCUT2D eigenvalue weighted by molar-refractivity contribution is 5.94. The number of carbonyl (C=O) groups excluding carboxylic acids is 2. The van der Waals surface area contributed by atoms with E-state index in [4.69, 9.17) is 4.74 Å². The van der Waals surface area contributed by atoms with Gasteiger partial charge < -0.3 is 19.5 Å². The predicted molar refractivity (Wildman–Crippen MR) is 104 cm³/mol. The smallest absolute Gasteiger partial charge is 0.449 e. The number of likely N-dealkylation sites (N-methyl/N-ethyl adjacent to an activating group) is 1. The molecule has 0 unspecified atom stereocenters. The Bertz CT molecular complexity index is 1080. The fourth-order valence-electron chi connectivity index (χ4n) is 2.91. The second kappa shape index (κ2) is 8.44. The number of nitrogens with zero attached hydrogens (tertiary/aromatic N) is 3. The first-order valence-corrected chi connectivity index (χ1v) is 8.89. The summed E-state index contributed by atoms with van der Waals surface area (Å²) in [6.45, 7) is -0.928. The molecule has 10 heteroatoms. The average molecular weight is 420 g/mol. The van der Waals surface area contributed by atoms with Crippen molar-refractivity contribution in [1.29, 1.82) is 0 Å². The van der Waals surface area contributed by atoms with Crippen molar-refractivity contribution in [2.45, 2.75) is 12.7 Å². The quantitative estimate of drug-likeness (QED) is 0.665. The highest BCUT2D eigenvalue weighted by Crippen LogP contribution is 2.31. The van der Waals surface area contributed by atoms with E-state index < -0.39 is 30.4 Å². The van der Waals surface area contributed by atoms with E-state index >= 15 is 0 Å². The number of ether oxygens (including phenoxy) is 1. The number of hydrogen-bond donors (Lipinski definition) is 1. The lowest BCUT2D eigenvalue weighted by atomic mass is 10.3. The fraction of sp³-hybridized carbons (Fsp3) is 0.250. The van der Waals surface area contributed by atoms with Crippen LogP contribution in [0, 0.1) is 0 Å². The number of alkyl halides is 3. The Morgan fingerprint density at radius 1 is 1.17 bits per heavy atom. The van der Waals surface area contributed by atoms with Crippen molar-refractivity contribution in [3.8, 4) is 5.75 Å². The van der Waals surface area contributed by atoms with Gasteiger partial charge in [-0.2, -0.15) is 13.2 Å². The molecule has 0 aliphatic heterocycles. The molecule has 2 aromatic carbocycles. The van der Waals surface area contributed by atoms with Crippen LogP contribution >= 0.6 is 0 Å². The van der Waals surface area contributed by atoms with Crippen LogP contribution in [0.25, 0.3) is 11.0 Å². The third-order valence-corrected chi connectivity index (χ3v) is 4.36. The van der Waals surface area contributed by atoms with Crippen molar-refractivity contribution in [2.75, 3.05) is 26.0 Å². The third-order valence-electron chi connectivity index (χ3n) is 4.36. The molecule has 1 N–H and O–H groups in total. The van der Waals surface area contributed by atoms with Crippen molar-refractivity contribution >= 4 is 28.5 Å². The largest absolute Gasteiger partial charge is 0.497 e. The number of imidazole rings is 1. The monoisotopic (exact) mass is 420 g/mol. The molecule has 0 saturated heterocycles. The topological polar surface area (TPSA) is 76.5 Å². The molecule has 0 aliphatic rings. The van der Waals surface area contributed by atoms with Gasteiger partial charge in [0.05, 0.1) is 24.7 Å². The van der Waals surface area contributed by atoms with Crippen LogP contribution in [-0.4, -0.2) is 47.0 Å². The molecule has 1 aromatic heterocycles. The summed E-state index contributed by atoms with van der Waals surface area (Å²) in [6.07, 6.45) is -4.72. The number of para-hydroxylation sites is 2. The minimum Gasteiger partial charge on any atom is -0.497 e. The maximum atomic E-state index is 13.4. The Labute approximate surface area is 170 Å². The summed E-state index contributed by atoms with van der Waals surface area (Å²) in [5.74, 6) is -1.77. The minimum absolute atomic E-state index is 0.135. The van der Waals surface area contributed by atoms with Gasteiger partial charge in [0.25, 0.3) is 0 Å². The number of hydrogen-bond acceptors (Lipinski definition) is 4. The second-order valence-corrected chi connectivity index (χ2v) is 6.54. The molecular formula is C20H19F3N4O3.